The smallest absolute Gasteiger partial charge is 0.266 e. The van der Waals surface area contributed by atoms with Gasteiger partial charge in [0.15, 0.2) is 0 Å². The van der Waals surface area contributed by atoms with Crippen molar-refractivity contribution >= 4 is 38.0 Å². The second-order valence-electron chi connectivity index (χ2n) is 6.78. The van der Waals surface area contributed by atoms with Gasteiger partial charge in [-0.05, 0) is 60.7 Å². The predicted molar refractivity (Wildman–Crippen MR) is 119 cm³/mol. The molecule has 2 heterocycles. The molecular weight excluding hydrogens is 370 g/mol. The van der Waals surface area contributed by atoms with Crippen molar-refractivity contribution in [2.24, 2.45) is 5.73 Å². The van der Waals surface area contributed by atoms with E-state index >= 15 is 0 Å². The van der Waals surface area contributed by atoms with Crippen molar-refractivity contribution in [3.63, 3.8) is 0 Å². The summed E-state index contributed by atoms with van der Waals surface area (Å²) < 4.78 is 6.47. The minimum Gasteiger partial charge on any atom is -0.496 e. The SMILES string of the molecule is COc1cc(C)c2[nH]c(=O)c3sccc3c2c1-c1ccc(NCCCN)cc1. The first-order chi connectivity index (χ1) is 13.6. The second-order valence-corrected chi connectivity index (χ2v) is 7.70. The number of H-pyrrole nitrogens is 1. The molecule has 0 radical (unpaired) electrons. The molecule has 2 aromatic carbocycles. The number of fused-ring (bicyclic) bond motifs is 3. The highest BCUT2D eigenvalue weighted by atomic mass is 32.1. The number of hydrogen-bond acceptors (Lipinski definition) is 5. The maximum atomic E-state index is 12.5. The van der Waals surface area contributed by atoms with Crippen LogP contribution in [0.3, 0.4) is 0 Å². The van der Waals surface area contributed by atoms with Gasteiger partial charge in [-0.2, -0.15) is 0 Å². The van der Waals surface area contributed by atoms with Crippen molar-refractivity contribution in [1.82, 2.24) is 4.98 Å². The van der Waals surface area contributed by atoms with E-state index in [0.29, 0.717) is 6.54 Å². The van der Waals surface area contributed by atoms with Crippen LogP contribution in [-0.4, -0.2) is 25.2 Å². The summed E-state index contributed by atoms with van der Waals surface area (Å²) in [6.45, 7) is 3.52. The number of aromatic amines is 1. The number of rotatable bonds is 6. The lowest BCUT2D eigenvalue weighted by atomic mass is 9.95. The minimum absolute atomic E-state index is 0.0452. The first-order valence-corrected chi connectivity index (χ1v) is 10.2. The summed E-state index contributed by atoms with van der Waals surface area (Å²) in [6.07, 6.45) is 0.932. The van der Waals surface area contributed by atoms with E-state index in [-0.39, 0.29) is 5.56 Å². The molecule has 2 aromatic heterocycles. The number of aromatic nitrogens is 1. The van der Waals surface area contributed by atoms with Crippen molar-refractivity contribution in [2.75, 3.05) is 25.5 Å². The third kappa shape index (κ3) is 3.15. The zero-order valence-electron chi connectivity index (χ0n) is 16.0. The molecule has 4 aromatic rings. The van der Waals surface area contributed by atoms with E-state index in [4.69, 9.17) is 10.5 Å². The molecule has 6 heteroatoms. The topological polar surface area (TPSA) is 80.1 Å². The van der Waals surface area contributed by atoms with Gasteiger partial charge in [-0.25, -0.2) is 0 Å². The molecule has 0 saturated carbocycles. The molecule has 0 bridgehead atoms. The van der Waals surface area contributed by atoms with Crippen molar-refractivity contribution in [3.05, 3.63) is 57.7 Å². The summed E-state index contributed by atoms with van der Waals surface area (Å²) in [5.41, 5.74) is 10.5. The lowest BCUT2D eigenvalue weighted by Crippen LogP contribution is -2.08. The Labute approximate surface area is 167 Å². The van der Waals surface area contributed by atoms with Crippen molar-refractivity contribution in [1.29, 1.82) is 0 Å². The molecule has 0 unspecified atom stereocenters. The van der Waals surface area contributed by atoms with Gasteiger partial charge in [-0.3, -0.25) is 4.79 Å². The Kier molecular flexibility index (Phi) is 5.07. The second kappa shape index (κ2) is 7.66. The monoisotopic (exact) mass is 393 g/mol. The van der Waals surface area contributed by atoms with Gasteiger partial charge in [0.1, 0.15) is 10.4 Å². The third-order valence-electron chi connectivity index (χ3n) is 4.97. The van der Waals surface area contributed by atoms with Gasteiger partial charge < -0.3 is 20.8 Å². The van der Waals surface area contributed by atoms with Crippen molar-refractivity contribution < 1.29 is 4.74 Å². The molecule has 0 atom stereocenters. The van der Waals surface area contributed by atoms with Crippen LogP contribution < -0.4 is 21.3 Å². The van der Waals surface area contributed by atoms with Gasteiger partial charge in [0.05, 0.1) is 12.6 Å². The summed E-state index contributed by atoms with van der Waals surface area (Å²) in [4.78, 5) is 15.6. The molecule has 0 aliphatic heterocycles. The van der Waals surface area contributed by atoms with Crippen LogP contribution in [0.4, 0.5) is 5.69 Å². The zero-order valence-corrected chi connectivity index (χ0v) is 16.8. The van der Waals surface area contributed by atoms with Crippen LogP contribution in [0.2, 0.25) is 0 Å². The van der Waals surface area contributed by atoms with Gasteiger partial charge in [0.2, 0.25) is 0 Å². The summed E-state index contributed by atoms with van der Waals surface area (Å²) in [6, 6.07) is 12.3. The highest BCUT2D eigenvalue weighted by Crippen LogP contribution is 2.41. The Bertz CT molecular complexity index is 1190. The number of thiophene rings is 1. The number of benzene rings is 2. The summed E-state index contributed by atoms with van der Waals surface area (Å²) >= 11 is 1.46. The minimum atomic E-state index is -0.0452. The Hall–Kier alpha value is -2.83. The Balaban J connectivity index is 1.94. The van der Waals surface area contributed by atoms with E-state index in [0.717, 1.165) is 62.1 Å². The number of nitrogens with one attached hydrogen (secondary N) is 2. The summed E-state index contributed by atoms with van der Waals surface area (Å²) in [5, 5.41) is 7.32. The first-order valence-electron chi connectivity index (χ1n) is 9.29. The maximum absolute atomic E-state index is 12.5. The van der Waals surface area contributed by atoms with Crippen molar-refractivity contribution in [3.8, 4) is 16.9 Å². The van der Waals surface area contributed by atoms with E-state index in [1.165, 1.54) is 11.3 Å². The van der Waals surface area contributed by atoms with Gasteiger partial charge in [0, 0.05) is 28.6 Å². The Morgan fingerprint density at radius 2 is 2.00 bits per heavy atom. The highest BCUT2D eigenvalue weighted by molar-refractivity contribution is 7.17. The molecule has 0 amide bonds. The fraction of sp³-hybridized carbons (Fsp3) is 0.227. The highest BCUT2D eigenvalue weighted by Gasteiger charge is 2.18. The lowest BCUT2D eigenvalue weighted by molar-refractivity contribution is 0.416. The van der Waals surface area contributed by atoms with E-state index in [1.807, 2.05) is 24.4 Å². The van der Waals surface area contributed by atoms with Crippen LogP contribution in [0.15, 0.2) is 46.6 Å². The number of pyridine rings is 1. The predicted octanol–water partition coefficient (Wildman–Crippen LogP) is 4.49. The third-order valence-corrected chi connectivity index (χ3v) is 5.88. The van der Waals surface area contributed by atoms with Crippen LogP contribution in [0.25, 0.3) is 32.1 Å². The maximum Gasteiger partial charge on any atom is 0.266 e. The molecular formula is C22H23N3O2S. The normalized spacial score (nSPS) is 11.2. The Morgan fingerprint density at radius 3 is 2.71 bits per heavy atom. The molecule has 0 spiro atoms. The lowest BCUT2D eigenvalue weighted by Gasteiger charge is -2.16. The van der Waals surface area contributed by atoms with Crippen molar-refractivity contribution in [2.45, 2.75) is 13.3 Å². The van der Waals surface area contributed by atoms with E-state index < -0.39 is 0 Å². The molecule has 0 fully saturated rings. The number of nitrogens with two attached hydrogens (primary N) is 1. The Morgan fingerprint density at radius 1 is 1.21 bits per heavy atom. The fourth-order valence-corrected chi connectivity index (χ4v) is 4.40. The molecule has 4 rings (SSSR count). The van der Waals surface area contributed by atoms with Gasteiger partial charge in [-0.15, -0.1) is 11.3 Å². The molecule has 0 aliphatic rings. The number of ether oxygens (including phenoxy) is 1. The molecule has 0 saturated heterocycles. The van der Waals surface area contributed by atoms with Gasteiger partial charge >= 0.3 is 0 Å². The molecule has 4 N–H and O–H groups in total. The summed E-state index contributed by atoms with van der Waals surface area (Å²) in [5.74, 6) is 0.799. The number of hydrogen-bond donors (Lipinski definition) is 3. The molecule has 144 valence electrons. The molecule has 28 heavy (non-hydrogen) atoms. The molecule has 0 aliphatic carbocycles. The standard InChI is InChI=1S/C22H23N3O2S/c1-13-12-17(27-2)18(14-4-6-15(7-5-14)24-10-3-9-23)19-16-8-11-28-21(16)22(26)25-20(13)19/h4-8,11-12,24H,3,9-10,23H2,1-2H3,(H,25,26). The average Bonchev–Trinajstić information content (AvgIpc) is 3.20. The number of anilines is 1. The van der Waals surface area contributed by atoms with Crippen LogP contribution in [0.5, 0.6) is 5.75 Å². The van der Waals surface area contributed by atoms with Crippen LogP contribution in [0, 0.1) is 6.92 Å². The van der Waals surface area contributed by atoms with E-state index in [2.05, 4.69) is 34.6 Å². The van der Waals surface area contributed by atoms with E-state index in [1.54, 1.807) is 7.11 Å². The van der Waals surface area contributed by atoms with Crippen LogP contribution in [0.1, 0.15) is 12.0 Å². The fourth-order valence-electron chi connectivity index (χ4n) is 3.61. The van der Waals surface area contributed by atoms with Gasteiger partial charge in [0.25, 0.3) is 5.56 Å². The number of aryl methyl sites for hydroxylation is 1. The zero-order chi connectivity index (χ0) is 19.7. The first kappa shape index (κ1) is 18.5. The molecule has 5 nitrogen and oxygen atoms in total. The quantitative estimate of drug-likeness (QED) is 0.422. The van der Waals surface area contributed by atoms with Crippen LogP contribution in [-0.2, 0) is 0 Å². The number of methoxy groups -OCH3 is 1. The van der Waals surface area contributed by atoms with Gasteiger partial charge in [-0.1, -0.05) is 12.1 Å². The van der Waals surface area contributed by atoms with E-state index in [9.17, 15) is 4.79 Å². The summed E-state index contributed by atoms with van der Waals surface area (Å²) in [7, 11) is 1.68. The average molecular weight is 394 g/mol. The largest absolute Gasteiger partial charge is 0.496 e. The van der Waals surface area contributed by atoms with Crippen LogP contribution >= 0.6 is 11.3 Å².